The number of imidazole rings is 1. The highest BCUT2D eigenvalue weighted by Crippen LogP contribution is 2.24. The van der Waals surface area contributed by atoms with Crippen LogP contribution in [-0.2, 0) is 13.0 Å². The zero-order valence-corrected chi connectivity index (χ0v) is 10.5. The molecule has 0 unspecified atom stereocenters. The van der Waals surface area contributed by atoms with Crippen molar-refractivity contribution in [3.05, 3.63) is 36.3 Å². The van der Waals surface area contributed by atoms with Crippen molar-refractivity contribution in [2.75, 3.05) is 20.2 Å². The van der Waals surface area contributed by atoms with Gasteiger partial charge in [0.25, 0.3) is 0 Å². The summed E-state index contributed by atoms with van der Waals surface area (Å²) in [4.78, 5) is 4.53. The van der Waals surface area contributed by atoms with Gasteiger partial charge in [0, 0.05) is 31.6 Å². The van der Waals surface area contributed by atoms with Crippen LogP contribution in [0.3, 0.4) is 0 Å². The lowest BCUT2D eigenvalue weighted by Crippen LogP contribution is -2.17. The molecule has 0 aliphatic carbocycles. The van der Waals surface area contributed by atoms with Crippen LogP contribution >= 0.6 is 0 Å². The normalized spacial score (nSPS) is 14.9. The SMILES string of the molecule is COc1ccc(-c2cnc3n2CCNCC3)cc1. The summed E-state index contributed by atoms with van der Waals surface area (Å²) < 4.78 is 7.49. The Morgan fingerprint density at radius 2 is 2.06 bits per heavy atom. The molecular formula is C14H17N3O. The lowest BCUT2D eigenvalue weighted by molar-refractivity contribution is 0.415. The molecule has 0 bridgehead atoms. The van der Waals surface area contributed by atoms with E-state index in [1.54, 1.807) is 7.11 Å². The number of hydrogen-bond donors (Lipinski definition) is 1. The predicted molar refractivity (Wildman–Crippen MR) is 70.8 cm³/mol. The number of nitrogens with one attached hydrogen (secondary N) is 1. The molecule has 0 fully saturated rings. The summed E-state index contributed by atoms with van der Waals surface area (Å²) in [6.45, 7) is 3.00. The number of benzene rings is 1. The minimum atomic E-state index is 0.885. The summed E-state index contributed by atoms with van der Waals surface area (Å²) in [7, 11) is 1.69. The van der Waals surface area contributed by atoms with E-state index >= 15 is 0 Å². The van der Waals surface area contributed by atoms with Gasteiger partial charge in [-0.25, -0.2) is 4.98 Å². The third-order valence-electron chi connectivity index (χ3n) is 3.36. The Bertz CT molecular complexity index is 530. The number of rotatable bonds is 2. The van der Waals surface area contributed by atoms with Gasteiger partial charge in [0.1, 0.15) is 11.6 Å². The largest absolute Gasteiger partial charge is 0.497 e. The molecule has 0 saturated heterocycles. The van der Waals surface area contributed by atoms with Crippen molar-refractivity contribution in [1.29, 1.82) is 0 Å². The second-order valence-electron chi connectivity index (χ2n) is 4.44. The Balaban J connectivity index is 1.98. The maximum Gasteiger partial charge on any atom is 0.118 e. The second kappa shape index (κ2) is 4.82. The van der Waals surface area contributed by atoms with Crippen LogP contribution in [0.1, 0.15) is 5.82 Å². The zero-order chi connectivity index (χ0) is 12.4. The summed E-state index contributed by atoms with van der Waals surface area (Å²) in [5.41, 5.74) is 2.38. The van der Waals surface area contributed by atoms with Gasteiger partial charge in [0.15, 0.2) is 0 Å². The van der Waals surface area contributed by atoms with Crippen LogP contribution in [0.2, 0.25) is 0 Å². The molecule has 18 heavy (non-hydrogen) atoms. The maximum atomic E-state index is 5.19. The van der Waals surface area contributed by atoms with Crippen molar-refractivity contribution in [2.24, 2.45) is 0 Å². The van der Waals surface area contributed by atoms with E-state index in [0.717, 1.165) is 31.8 Å². The van der Waals surface area contributed by atoms with Crippen molar-refractivity contribution in [3.8, 4) is 17.0 Å². The monoisotopic (exact) mass is 243 g/mol. The average Bonchev–Trinajstić information content (AvgIpc) is 2.68. The van der Waals surface area contributed by atoms with Gasteiger partial charge in [-0.15, -0.1) is 0 Å². The van der Waals surface area contributed by atoms with Crippen molar-refractivity contribution >= 4 is 0 Å². The minimum absolute atomic E-state index is 0.885. The topological polar surface area (TPSA) is 39.1 Å². The van der Waals surface area contributed by atoms with E-state index in [1.165, 1.54) is 17.1 Å². The summed E-state index contributed by atoms with van der Waals surface area (Å²) in [5, 5.41) is 3.40. The molecule has 2 heterocycles. The Morgan fingerprint density at radius 3 is 2.83 bits per heavy atom. The molecule has 0 amide bonds. The number of nitrogens with zero attached hydrogens (tertiary/aromatic N) is 2. The summed E-state index contributed by atoms with van der Waals surface area (Å²) >= 11 is 0. The highest BCUT2D eigenvalue weighted by Gasteiger charge is 2.13. The van der Waals surface area contributed by atoms with Crippen LogP contribution < -0.4 is 10.1 Å². The lowest BCUT2D eigenvalue weighted by Gasteiger charge is -2.09. The van der Waals surface area contributed by atoms with Crippen LogP contribution in [0.15, 0.2) is 30.5 Å². The maximum absolute atomic E-state index is 5.19. The van der Waals surface area contributed by atoms with Gasteiger partial charge in [-0.3, -0.25) is 0 Å². The molecule has 1 aromatic heterocycles. The molecule has 2 aromatic rings. The predicted octanol–water partition coefficient (Wildman–Crippen LogP) is 1.70. The van der Waals surface area contributed by atoms with E-state index < -0.39 is 0 Å². The third kappa shape index (κ3) is 1.99. The second-order valence-corrected chi connectivity index (χ2v) is 4.44. The average molecular weight is 243 g/mol. The van der Waals surface area contributed by atoms with E-state index in [-0.39, 0.29) is 0 Å². The first-order chi connectivity index (χ1) is 8.88. The quantitative estimate of drug-likeness (QED) is 0.872. The molecule has 4 nitrogen and oxygen atoms in total. The Hall–Kier alpha value is -1.81. The van der Waals surface area contributed by atoms with Crippen LogP contribution in [0.5, 0.6) is 5.75 Å². The summed E-state index contributed by atoms with van der Waals surface area (Å²) in [6, 6.07) is 8.15. The van der Waals surface area contributed by atoms with Gasteiger partial charge in [-0.1, -0.05) is 0 Å². The first-order valence-electron chi connectivity index (χ1n) is 6.28. The molecule has 1 aliphatic heterocycles. The van der Waals surface area contributed by atoms with E-state index in [4.69, 9.17) is 4.74 Å². The van der Waals surface area contributed by atoms with E-state index in [0.29, 0.717) is 0 Å². The van der Waals surface area contributed by atoms with E-state index in [1.807, 2.05) is 18.3 Å². The van der Waals surface area contributed by atoms with Crippen molar-refractivity contribution in [2.45, 2.75) is 13.0 Å². The molecule has 0 spiro atoms. The molecular weight excluding hydrogens is 226 g/mol. The molecule has 0 saturated carbocycles. The van der Waals surface area contributed by atoms with Gasteiger partial charge in [0.05, 0.1) is 19.0 Å². The molecule has 1 aromatic carbocycles. The van der Waals surface area contributed by atoms with Gasteiger partial charge >= 0.3 is 0 Å². The van der Waals surface area contributed by atoms with Crippen molar-refractivity contribution in [3.63, 3.8) is 0 Å². The molecule has 0 atom stereocenters. The van der Waals surface area contributed by atoms with Crippen LogP contribution in [0, 0.1) is 0 Å². The Kier molecular flexibility index (Phi) is 3.02. The molecule has 4 heteroatoms. The van der Waals surface area contributed by atoms with Gasteiger partial charge in [-0.05, 0) is 24.3 Å². The number of aromatic nitrogens is 2. The van der Waals surface area contributed by atoms with Gasteiger partial charge < -0.3 is 14.6 Å². The fourth-order valence-corrected chi connectivity index (χ4v) is 2.37. The number of hydrogen-bond acceptors (Lipinski definition) is 3. The fourth-order valence-electron chi connectivity index (χ4n) is 2.37. The van der Waals surface area contributed by atoms with Gasteiger partial charge in [0.2, 0.25) is 0 Å². The third-order valence-corrected chi connectivity index (χ3v) is 3.36. The number of fused-ring (bicyclic) bond motifs is 1. The highest BCUT2D eigenvalue weighted by atomic mass is 16.5. The van der Waals surface area contributed by atoms with E-state index in [2.05, 4.69) is 27.0 Å². The van der Waals surface area contributed by atoms with E-state index in [9.17, 15) is 0 Å². The van der Waals surface area contributed by atoms with Crippen LogP contribution in [0.4, 0.5) is 0 Å². The first kappa shape index (κ1) is 11.3. The zero-order valence-electron chi connectivity index (χ0n) is 10.5. The van der Waals surface area contributed by atoms with Gasteiger partial charge in [-0.2, -0.15) is 0 Å². The smallest absolute Gasteiger partial charge is 0.118 e. The minimum Gasteiger partial charge on any atom is -0.497 e. The molecule has 1 N–H and O–H groups in total. The summed E-state index contributed by atoms with van der Waals surface area (Å²) in [6.07, 6.45) is 2.97. The Morgan fingerprint density at radius 1 is 1.22 bits per heavy atom. The number of methoxy groups -OCH3 is 1. The molecule has 1 aliphatic rings. The molecule has 94 valence electrons. The van der Waals surface area contributed by atoms with Crippen molar-refractivity contribution < 1.29 is 4.74 Å². The molecule has 0 radical (unpaired) electrons. The Labute approximate surface area is 107 Å². The van der Waals surface area contributed by atoms with Crippen LogP contribution in [-0.4, -0.2) is 29.8 Å². The van der Waals surface area contributed by atoms with Crippen molar-refractivity contribution in [1.82, 2.24) is 14.9 Å². The lowest BCUT2D eigenvalue weighted by atomic mass is 10.1. The van der Waals surface area contributed by atoms with Crippen LogP contribution in [0.25, 0.3) is 11.3 Å². The molecule has 3 rings (SSSR count). The standard InChI is InChI=1S/C14H17N3O/c1-18-12-4-2-11(3-5-12)13-10-16-14-6-7-15-8-9-17(13)14/h2-5,10,15H,6-9H2,1H3. The first-order valence-corrected chi connectivity index (χ1v) is 6.28. The number of ether oxygens (including phenoxy) is 1. The highest BCUT2D eigenvalue weighted by molar-refractivity contribution is 5.60. The summed E-state index contributed by atoms with van der Waals surface area (Å²) in [5.74, 6) is 2.06. The fraction of sp³-hybridized carbons (Fsp3) is 0.357.